The third kappa shape index (κ3) is 4.55. The summed E-state index contributed by atoms with van der Waals surface area (Å²) in [6, 6.07) is 3.48. The number of aliphatic hydroxyl groups is 1. The van der Waals surface area contributed by atoms with E-state index in [4.69, 9.17) is 24.1 Å². The van der Waals surface area contributed by atoms with E-state index in [1.54, 1.807) is 43.5 Å². The van der Waals surface area contributed by atoms with Crippen molar-refractivity contribution < 1.29 is 34.0 Å². The number of benzene rings is 1. The molecular weight excluding hydrogens is 364 g/mol. The van der Waals surface area contributed by atoms with Crippen LogP contribution >= 0.6 is 0 Å². The van der Waals surface area contributed by atoms with Gasteiger partial charge in [-0.15, -0.1) is 0 Å². The fraction of sp³-hybridized carbons (Fsp3) is 0.381. The molecule has 0 bridgehead atoms. The van der Waals surface area contributed by atoms with Gasteiger partial charge in [0.2, 0.25) is 0 Å². The Balaban J connectivity index is 2.53. The van der Waals surface area contributed by atoms with E-state index in [9.17, 15) is 9.90 Å². The summed E-state index contributed by atoms with van der Waals surface area (Å²) in [5, 5.41) is 18.9. The molecule has 1 heterocycles. The summed E-state index contributed by atoms with van der Waals surface area (Å²) < 4.78 is 21.9. The molecule has 1 aliphatic heterocycles. The topological polar surface area (TPSA) is 94.5 Å². The van der Waals surface area contributed by atoms with E-state index in [-0.39, 0.29) is 13.2 Å². The van der Waals surface area contributed by atoms with Crippen LogP contribution in [0.5, 0.6) is 11.5 Å². The molecule has 0 saturated carbocycles. The third-order valence-electron chi connectivity index (χ3n) is 4.43. The highest BCUT2D eigenvalue weighted by atomic mass is 16.5. The first-order valence-corrected chi connectivity index (χ1v) is 8.79. The van der Waals surface area contributed by atoms with E-state index in [0.29, 0.717) is 28.4 Å². The third-order valence-corrected chi connectivity index (χ3v) is 4.43. The minimum atomic E-state index is -1.01. The van der Waals surface area contributed by atoms with Crippen LogP contribution in [0.2, 0.25) is 0 Å². The Kier molecular flexibility index (Phi) is 7.66. The number of carboxylic acid groups (broad SMARTS) is 1. The van der Waals surface area contributed by atoms with Crippen molar-refractivity contribution in [3.8, 4) is 11.5 Å². The SMILES string of the molecule is C/C=C(\C=C(/COC)OC)C1Oc2c(OC)cc(/C=C/CO)cc2C1C(=O)O. The minimum Gasteiger partial charge on any atom is -0.499 e. The van der Waals surface area contributed by atoms with Crippen molar-refractivity contribution in [1.82, 2.24) is 0 Å². The maximum Gasteiger partial charge on any atom is 0.315 e. The molecule has 0 spiro atoms. The molecule has 2 unspecified atom stereocenters. The first-order chi connectivity index (χ1) is 13.5. The lowest BCUT2D eigenvalue weighted by molar-refractivity contribution is -0.139. The van der Waals surface area contributed by atoms with Crippen LogP contribution in [0, 0.1) is 0 Å². The lowest BCUT2D eigenvalue weighted by Gasteiger charge is -2.18. The first-order valence-electron chi connectivity index (χ1n) is 8.79. The van der Waals surface area contributed by atoms with Crippen LogP contribution in [0.1, 0.15) is 24.0 Å². The Hall–Kier alpha value is -2.77. The van der Waals surface area contributed by atoms with Crippen LogP contribution in [0.4, 0.5) is 0 Å². The number of carboxylic acids is 1. The number of rotatable bonds is 9. The molecule has 0 aromatic heterocycles. The van der Waals surface area contributed by atoms with Gasteiger partial charge in [0.25, 0.3) is 0 Å². The monoisotopic (exact) mass is 390 g/mol. The van der Waals surface area contributed by atoms with Gasteiger partial charge in [0, 0.05) is 12.7 Å². The Morgan fingerprint density at radius 1 is 1.29 bits per heavy atom. The molecule has 28 heavy (non-hydrogen) atoms. The summed E-state index contributed by atoms with van der Waals surface area (Å²) >= 11 is 0. The van der Waals surface area contributed by atoms with Crippen LogP contribution < -0.4 is 9.47 Å². The minimum absolute atomic E-state index is 0.117. The molecule has 0 fully saturated rings. The second-order valence-electron chi connectivity index (χ2n) is 6.12. The van der Waals surface area contributed by atoms with E-state index in [0.717, 1.165) is 5.56 Å². The van der Waals surface area contributed by atoms with Gasteiger partial charge in [0.1, 0.15) is 24.4 Å². The predicted octanol–water partition coefficient (Wildman–Crippen LogP) is 2.75. The van der Waals surface area contributed by atoms with Gasteiger partial charge in [-0.3, -0.25) is 4.79 Å². The van der Waals surface area contributed by atoms with E-state index in [1.807, 2.05) is 6.92 Å². The second kappa shape index (κ2) is 9.96. The average molecular weight is 390 g/mol. The summed E-state index contributed by atoms with van der Waals surface area (Å²) in [6.07, 6.45) is 6.05. The highest BCUT2D eigenvalue weighted by molar-refractivity contribution is 5.82. The number of aliphatic hydroxyl groups excluding tert-OH is 1. The normalized spacial score (nSPS) is 19.5. The zero-order valence-corrected chi connectivity index (χ0v) is 16.5. The standard InChI is InChI=1S/C21H26O7/c1-5-14(11-15(26-3)12-25-2)19-18(21(23)24)16-9-13(7-6-8-22)10-17(27-4)20(16)28-19/h5-7,9-11,18-19,22H,8,12H2,1-4H3,(H,23,24)/b7-6+,14-5+,15-11+. The maximum absolute atomic E-state index is 12.1. The van der Waals surface area contributed by atoms with Crippen LogP contribution in [0.25, 0.3) is 6.08 Å². The summed E-state index contributed by atoms with van der Waals surface area (Å²) in [7, 11) is 4.58. The van der Waals surface area contributed by atoms with Crippen LogP contribution in [0.15, 0.2) is 41.7 Å². The van der Waals surface area contributed by atoms with Gasteiger partial charge in [-0.25, -0.2) is 0 Å². The fourth-order valence-corrected chi connectivity index (χ4v) is 3.14. The molecular formula is C21H26O7. The van der Waals surface area contributed by atoms with Crippen LogP contribution in [-0.4, -0.2) is 56.8 Å². The number of carbonyl (C=O) groups is 1. The van der Waals surface area contributed by atoms with Crippen molar-refractivity contribution in [2.75, 3.05) is 34.5 Å². The molecule has 0 aliphatic carbocycles. The van der Waals surface area contributed by atoms with E-state index in [1.165, 1.54) is 14.2 Å². The lowest BCUT2D eigenvalue weighted by Crippen LogP contribution is -2.27. The lowest BCUT2D eigenvalue weighted by atomic mass is 9.89. The van der Waals surface area contributed by atoms with Crippen LogP contribution in [0.3, 0.4) is 0 Å². The molecule has 1 aliphatic rings. The van der Waals surface area contributed by atoms with Gasteiger partial charge < -0.3 is 29.2 Å². The summed E-state index contributed by atoms with van der Waals surface area (Å²) in [5.41, 5.74) is 1.90. The first kappa shape index (κ1) is 21.5. The second-order valence-corrected chi connectivity index (χ2v) is 6.12. The molecule has 152 valence electrons. The van der Waals surface area contributed by atoms with Gasteiger partial charge in [-0.1, -0.05) is 18.2 Å². The Morgan fingerprint density at radius 2 is 2.04 bits per heavy atom. The average Bonchev–Trinajstić information content (AvgIpc) is 3.08. The molecule has 0 saturated heterocycles. The van der Waals surface area contributed by atoms with Crippen LogP contribution in [-0.2, 0) is 14.3 Å². The smallest absolute Gasteiger partial charge is 0.315 e. The summed E-state index contributed by atoms with van der Waals surface area (Å²) in [6.45, 7) is 1.95. The molecule has 1 aromatic carbocycles. The van der Waals surface area contributed by atoms with Gasteiger partial charge in [0.15, 0.2) is 11.5 Å². The highest BCUT2D eigenvalue weighted by Gasteiger charge is 2.43. The number of fused-ring (bicyclic) bond motifs is 1. The molecule has 7 heteroatoms. The molecule has 2 rings (SSSR count). The quantitative estimate of drug-likeness (QED) is 0.494. The number of aliphatic carboxylic acids is 1. The van der Waals surface area contributed by atoms with Crippen molar-refractivity contribution in [2.45, 2.75) is 18.9 Å². The van der Waals surface area contributed by atoms with E-state index >= 15 is 0 Å². The van der Waals surface area contributed by atoms with Crippen molar-refractivity contribution in [1.29, 1.82) is 0 Å². The molecule has 2 N–H and O–H groups in total. The van der Waals surface area contributed by atoms with E-state index in [2.05, 4.69) is 0 Å². The zero-order chi connectivity index (χ0) is 20.7. The summed E-state index contributed by atoms with van der Waals surface area (Å²) in [5.74, 6) is -0.536. The number of hydrogen-bond acceptors (Lipinski definition) is 6. The fourth-order valence-electron chi connectivity index (χ4n) is 3.14. The Bertz CT molecular complexity index is 792. The zero-order valence-electron chi connectivity index (χ0n) is 16.5. The van der Waals surface area contributed by atoms with Crippen molar-refractivity contribution >= 4 is 12.0 Å². The number of allylic oxidation sites excluding steroid dienone is 1. The molecule has 2 atom stereocenters. The van der Waals surface area contributed by atoms with Gasteiger partial charge in [0.05, 0.1) is 20.8 Å². The molecule has 0 amide bonds. The number of hydrogen-bond donors (Lipinski definition) is 2. The van der Waals surface area contributed by atoms with Gasteiger partial charge >= 0.3 is 5.97 Å². The van der Waals surface area contributed by atoms with Crippen molar-refractivity contribution in [3.63, 3.8) is 0 Å². The van der Waals surface area contributed by atoms with Gasteiger partial charge in [-0.05, 0) is 36.3 Å². The molecule has 0 radical (unpaired) electrons. The number of ether oxygens (including phenoxy) is 4. The predicted molar refractivity (Wildman–Crippen MR) is 105 cm³/mol. The van der Waals surface area contributed by atoms with Crippen molar-refractivity contribution in [2.24, 2.45) is 0 Å². The Labute approximate surface area is 164 Å². The molecule has 1 aromatic rings. The van der Waals surface area contributed by atoms with Gasteiger partial charge in [-0.2, -0.15) is 0 Å². The largest absolute Gasteiger partial charge is 0.499 e. The Morgan fingerprint density at radius 3 is 2.57 bits per heavy atom. The summed E-state index contributed by atoms with van der Waals surface area (Å²) in [4.78, 5) is 12.1. The van der Waals surface area contributed by atoms with E-state index < -0.39 is 18.0 Å². The maximum atomic E-state index is 12.1. The number of methoxy groups -OCH3 is 3. The molecule has 7 nitrogen and oxygen atoms in total. The highest BCUT2D eigenvalue weighted by Crippen LogP contribution is 2.47. The van der Waals surface area contributed by atoms with Crippen molar-refractivity contribution in [3.05, 3.63) is 52.8 Å².